The number of nitrogens with zero attached hydrogens (tertiary/aromatic N) is 2. The fraction of sp³-hybridized carbons (Fsp3) is 0.167. The van der Waals surface area contributed by atoms with Crippen LogP contribution in [0, 0.1) is 24.0 Å². The molecule has 0 N–H and O–H groups in total. The number of amides is 2. The molecule has 34 heavy (non-hydrogen) atoms. The molecule has 8 nitrogen and oxygen atoms in total. The first-order valence-corrected chi connectivity index (χ1v) is 11.4. The number of halogens is 1. The SMILES string of the molecule is Cc1ccc(C)c(OCCN2C(=O)S/C(=C\c3ccc(-c4cc([N+](=O)[O-])ccc4Cl)o3)C2=O)c1. The molecule has 2 aromatic carbocycles. The van der Waals surface area contributed by atoms with E-state index >= 15 is 0 Å². The molecule has 0 atom stereocenters. The molecule has 174 valence electrons. The Bertz CT molecular complexity index is 1330. The number of carbonyl (C=O) groups excluding carboxylic acids is 2. The van der Waals surface area contributed by atoms with E-state index in [4.69, 9.17) is 20.8 Å². The first-order chi connectivity index (χ1) is 16.2. The number of furan rings is 1. The smallest absolute Gasteiger partial charge is 0.293 e. The summed E-state index contributed by atoms with van der Waals surface area (Å²) in [6, 6.07) is 13.1. The van der Waals surface area contributed by atoms with E-state index in [1.165, 1.54) is 24.3 Å². The van der Waals surface area contributed by atoms with Crippen LogP contribution >= 0.6 is 23.4 Å². The Labute approximate surface area is 204 Å². The largest absolute Gasteiger partial charge is 0.491 e. The maximum Gasteiger partial charge on any atom is 0.293 e. The van der Waals surface area contributed by atoms with E-state index in [2.05, 4.69) is 0 Å². The number of non-ortho nitro benzene ring substituents is 1. The van der Waals surface area contributed by atoms with E-state index in [1.807, 2.05) is 32.0 Å². The number of rotatable bonds is 7. The third kappa shape index (κ3) is 5.00. The van der Waals surface area contributed by atoms with Gasteiger partial charge in [-0.3, -0.25) is 24.6 Å². The molecule has 0 spiro atoms. The second-order valence-electron chi connectivity index (χ2n) is 7.57. The highest BCUT2D eigenvalue weighted by molar-refractivity contribution is 8.18. The van der Waals surface area contributed by atoms with Crippen molar-refractivity contribution >= 4 is 46.3 Å². The molecule has 0 radical (unpaired) electrons. The molecule has 0 bridgehead atoms. The molecule has 1 aromatic heterocycles. The van der Waals surface area contributed by atoms with Gasteiger partial charge in [0, 0.05) is 23.8 Å². The van der Waals surface area contributed by atoms with Gasteiger partial charge in [0.15, 0.2) is 0 Å². The number of imide groups is 1. The molecule has 1 saturated heterocycles. The van der Waals surface area contributed by atoms with Crippen molar-refractivity contribution in [1.29, 1.82) is 0 Å². The number of hydrogen-bond donors (Lipinski definition) is 0. The van der Waals surface area contributed by atoms with Crippen LogP contribution in [0.3, 0.4) is 0 Å². The number of ether oxygens (including phenoxy) is 1. The van der Waals surface area contributed by atoms with Crippen molar-refractivity contribution in [2.75, 3.05) is 13.2 Å². The first-order valence-electron chi connectivity index (χ1n) is 10.2. The van der Waals surface area contributed by atoms with Gasteiger partial charge in [0.2, 0.25) is 0 Å². The molecule has 0 unspecified atom stereocenters. The Kier molecular flexibility index (Phi) is 6.76. The highest BCUT2D eigenvalue weighted by atomic mass is 35.5. The summed E-state index contributed by atoms with van der Waals surface area (Å²) in [6.45, 7) is 4.17. The van der Waals surface area contributed by atoms with Crippen molar-refractivity contribution in [3.8, 4) is 17.1 Å². The number of carbonyl (C=O) groups is 2. The minimum absolute atomic E-state index is 0.113. The average molecular weight is 499 g/mol. The zero-order valence-electron chi connectivity index (χ0n) is 18.2. The van der Waals surface area contributed by atoms with Crippen LogP contribution in [0.5, 0.6) is 5.75 Å². The van der Waals surface area contributed by atoms with Crippen molar-refractivity contribution in [1.82, 2.24) is 4.90 Å². The van der Waals surface area contributed by atoms with Gasteiger partial charge in [-0.25, -0.2) is 0 Å². The Morgan fingerprint density at radius 2 is 1.94 bits per heavy atom. The van der Waals surface area contributed by atoms with Crippen LogP contribution in [0.4, 0.5) is 10.5 Å². The topological polar surface area (TPSA) is 103 Å². The molecule has 1 aliphatic heterocycles. The zero-order valence-corrected chi connectivity index (χ0v) is 19.8. The predicted octanol–water partition coefficient (Wildman–Crippen LogP) is 6.24. The lowest BCUT2D eigenvalue weighted by atomic mass is 10.1. The highest BCUT2D eigenvalue weighted by Crippen LogP contribution is 2.35. The fourth-order valence-corrected chi connectivity index (χ4v) is 4.38. The van der Waals surface area contributed by atoms with E-state index in [0.29, 0.717) is 22.8 Å². The quantitative estimate of drug-likeness (QED) is 0.216. The summed E-state index contributed by atoms with van der Waals surface area (Å²) in [6.07, 6.45) is 1.46. The van der Waals surface area contributed by atoms with Crippen molar-refractivity contribution < 1.29 is 23.7 Å². The van der Waals surface area contributed by atoms with Gasteiger partial charge in [-0.05, 0) is 61.0 Å². The summed E-state index contributed by atoms with van der Waals surface area (Å²) < 4.78 is 11.5. The van der Waals surface area contributed by atoms with Crippen molar-refractivity contribution in [2.45, 2.75) is 13.8 Å². The molecule has 4 rings (SSSR count). The lowest BCUT2D eigenvalue weighted by Crippen LogP contribution is -2.32. The molecule has 1 aliphatic rings. The number of aryl methyl sites for hydroxylation is 2. The van der Waals surface area contributed by atoms with Crippen LogP contribution in [0.15, 0.2) is 57.9 Å². The van der Waals surface area contributed by atoms with Crippen LogP contribution in [0.1, 0.15) is 16.9 Å². The Balaban J connectivity index is 1.46. The number of thioether (sulfide) groups is 1. The molecule has 0 saturated carbocycles. The van der Waals surface area contributed by atoms with Crippen molar-refractivity contribution in [3.05, 3.63) is 85.5 Å². The van der Waals surface area contributed by atoms with Crippen LogP contribution < -0.4 is 4.74 Å². The van der Waals surface area contributed by atoms with Crippen LogP contribution in [0.25, 0.3) is 17.4 Å². The molecule has 10 heteroatoms. The first kappa shape index (κ1) is 23.6. The molecular weight excluding hydrogens is 480 g/mol. The second-order valence-corrected chi connectivity index (χ2v) is 8.97. The third-order valence-electron chi connectivity index (χ3n) is 5.12. The zero-order chi connectivity index (χ0) is 24.4. The Hall–Kier alpha value is -3.56. The normalized spacial score (nSPS) is 14.8. The summed E-state index contributed by atoms with van der Waals surface area (Å²) in [5, 5.41) is 10.9. The number of nitro benzene ring substituents is 1. The average Bonchev–Trinajstić information content (AvgIpc) is 3.36. The molecule has 3 aromatic rings. The van der Waals surface area contributed by atoms with Crippen LogP contribution in [-0.4, -0.2) is 34.1 Å². The maximum atomic E-state index is 12.8. The van der Waals surface area contributed by atoms with Gasteiger partial charge in [-0.2, -0.15) is 0 Å². The summed E-state index contributed by atoms with van der Waals surface area (Å²) >= 11 is 6.98. The van der Waals surface area contributed by atoms with E-state index in [9.17, 15) is 19.7 Å². The standard InChI is InChI=1S/C24H19ClN2O6S/c1-14-3-4-15(2)21(11-14)32-10-9-26-23(28)22(34-24(26)29)13-17-6-8-20(33-17)18-12-16(27(30)31)5-7-19(18)25/h3-8,11-13H,9-10H2,1-2H3/b22-13-. The van der Waals surface area contributed by atoms with Crippen molar-refractivity contribution in [2.24, 2.45) is 0 Å². The molecule has 2 heterocycles. The minimum atomic E-state index is -0.524. The summed E-state index contributed by atoms with van der Waals surface area (Å²) in [5.74, 6) is 0.896. The van der Waals surface area contributed by atoms with Gasteiger partial charge < -0.3 is 9.15 Å². The van der Waals surface area contributed by atoms with Crippen LogP contribution in [0.2, 0.25) is 5.02 Å². The molecule has 0 aliphatic carbocycles. The van der Waals surface area contributed by atoms with E-state index in [0.717, 1.165) is 27.8 Å². The highest BCUT2D eigenvalue weighted by Gasteiger charge is 2.35. The third-order valence-corrected chi connectivity index (χ3v) is 6.35. The van der Waals surface area contributed by atoms with Gasteiger partial charge in [-0.15, -0.1) is 0 Å². The van der Waals surface area contributed by atoms with Crippen LogP contribution in [-0.2, 0) is 4.79 Å². The Morgan fingerprint density at radius 3 is 2.71 bits per heavy atom. The van der Waals surface area contributed by atoms with E-state index in [-0.39, 0.29) is 28.8 Å². The molecule has 1 fully saturated rings. The Morgan fingerprint density at radius 1 is 1.15 bits per heavy atom. The van der Waals surface area contributed by atoms with Gasteiger partial charge in [0.05, 0.1) is 21.4 Å². The minimum Gasteiger partial charge on any atom is -0.491 e. The van der Waals surface area contributed by atoms with Gasteiger partial charge in [0.1, 0.15) is 23.9 Å². The van der Waals surface area contributed by atoms with E-state index < -0.39 is 16.1 Å². The molecule has 2 amide bonds. The predicted molar refractivity (Wildman–Crippen MR) is 130 cm³/mol. The number of benzene rings is 2. The number of hydrogen-bond acceptors (Lipinski definition) is 7. The number of nitro groups is 1. The van der Waals surface area contributed by atoms with E-state index in [1.54, 1.807) is 12.1 Å². The lowest BCUT2D eigenvalue weighted by Gasteiger charge is -2.14. The maximum absolute atomic E-state index is 12.8. The molecular formula is C24H19ClN2O6S. The second kappa shape index (κ2) is 9.74. The fourth-order valence-electron chi connectivity index (χ4n) is 3.32. The monoisotopic (exact) mass is 498 g/mol. The van der Waals surface area contributed by atoms with Gasteiger partial charge in [-0.1, -0.05) is 23.7 Å². The lowest BCUT2D eigenvalue weighted by molar-refractivity contribution is -0.384. The van der Waals surface area contributed by atoms with Crippen molar-refractivity contribution in [3.63, 3.8) is 0 Å². The summed E-state index contributed by atoms with van der Waals surface area (Å²) in [7, 11) is 0. The van der Waals surface area contributed by atoms with Gasteiger partial charge in [0.25, 0.3) is 16.8 Å². The summed E-state index contributed by atoms with van der Waals surface area (Å²) in [5.41, 5.74) is 2.25. The summed E-state index contributed by atoms with van der Waals surface area (Å²) in [4.78, 5) is 37.0. The van der Waals surface area contributed by atoms with Gasteiger partial charge >= 0.3 is 0 Å².